The highest BCUT2D eigenvalue weighted by Gasteiger charge is 2.40. The van der Waals surface area contributed by atoms with Crippen molar-refractivity contribution in [3.05, 3.63) is 20.8 Å². The minimum atomic E-state index is -0.556. The average Bonchev–Trinajstić information content (AvgIpc) is 2.80. The smallest absolute Gasteiger partial charge is 0.231 e. The van der Waals surface area contributed by atoms with Gasteiger partial charge in [0.15, 0.2) is 5.96 Å². The van der Waals surface area contributed by atoms with Crippen molar-refractivity contribution in [3.8, 4) is 0 Å². The van der Waals surface area contributed by atoms with E-state index in [2.05, 4.69) is 20.9 Å². The number of halogens is 2. The summed E-state index contributed by atoms with van der Waals surface area (Å²) in [6, 6.07) is 3.97. The van der Waals surface area contributed by atoms with Gasteiger partial charge in [0, 0.05) is 17.8 Å². The summed E-state index contributed by atoms with van der Waals surface area (Å²) in [5.41, 5.74) is 5.32. The maximum Gasteiger partial charge on any atom is 0.231 e. The van der Waals surface area contributed by atoms with Crippen LogP contribution in [0.15, 0.2) is 20.9 Å². The summed E-state index contributed by atoms with van der Waals surface area (Å²) in [6.45, 7) is 0. The first-order valence-electron chi connectivity index (χ1n) is 5.92. The molecule has 0 fully saturated rings. The monoisotopic (exact) mass is 363 g/mol. The number of guanidine groups is 1. The number of nitrogens with two attached hydrogens (primary N) is 1. The predicted octanol–water partition coefficient (Wildman–Crippen LogP) is 2.90. The molecule has 0 unspecified atom stereocenters. The fourth-order valence-corrected chi connectivity index (χ4v) is 3.84. The number of nitrogens with zero attached hydrogens (tertiary/aromatic N) is 2. The summed E-state index contributed by atoms with van der Waals surface area (Å²) in [5.74, 6) is 0.815. The number of amides is 1. The van der Waals surface area contributed by atoms with E-state index in [1.54, 1.807) is 18.4 Å². The normalized spacial score (nSPS) is 23.6. The SMILES string of the molecule is CN1C(=O)C[C@@](CCCCl)(c2ccc(Br)s2)N=C1N. The quantitative estimate of drug-likeness (QED) is 0.835. The first kappa shape index (κ1) is 14.8. The van der Waals surface area contributed by atoms with Gasteiger partial charge in [-0.3, -0.25) is 9.69 Å². The molecule has 1 aromatic heterocycles. The van der Waals surface area contributed by atoms with E-state index >= 15 is 0 Å². The van der Waals surface area contributed by atoms with Crippen LogP contribution in [0.25, 0.3) is 0 Å². The number of alkyl halides is 1. The van der Waals surface area contributed by atoms with Crippen LogP contribution in [0.5, 0.6) is 0 Å². The van der Waals surface area contributed by atoms with E-state index < -0.39 is 5.54 Å². The van der Waals surface area contributed by atoms with Crippen LogP contribution in [0.3, 0.4) is 0 Å². The van der Waals surface area contributed by atoms with Crippen LogP contribution in [-0.4, -0.2) is 29.7 Å². The Balaban J connectivity index is 2.44. The highest BCUT2D eigenvalue weighted by molar-refractivity contribution is 9.11. The minimum Gasteiger partial charge on any atom is -0.369 e. The molecule has 1 atom stereocenters. The van der Waals surface area contributed by atoms with Gasteiger partial charge in [-0.25, -0.2) is 4.99 Å². The molecule has 0 saturated carbocycles. The van der Waals surface area contributed by atoms with Gasteiger partial charge in [0.1, 0.15) is 5.54 Å². The number of aliphatic imine (C=N–C) groups is 1. The number of rotatable bonds is 4. The van der Waals surface area contributed by atoms with Crippen LogP contribution in [0.4, 0.5) is 0 Å². The molecule has 1 amide bonds. The zero-order valence-corrected chi connectivity index (χ0v) is 13.7. The molecule has 0 aliphatic carbocycles. The van der Waals surface area contributed by atoms with Crippen LogP contribution in [0, 0.1) is 0 Å². The molecule has 1 aliphatic heterocycles. The standard InChI is InChI=1S/C12H15BrClN3OS/c1-17-10(18)7-12(5-2-6-14,16-11(17)15)8-3-4-9(13)19-8/h3-4H,2,5-7H2,1H3,(H2,15,16)/t12-/m0/s1. The Kier molecular flexibility index (Phi) is 4.53. The Morgan fingerprint density at radius 2 is 2.37 bits per heavy atom. The van der Waals surface area contributed by atoms with Crippen LogP contribution in [-0.2, 0) is 10.3 Å². The molecule has 4 nitrogen and oxygen atoms in total. The summed E-state index contributed by atoms with van der Waals surface area (Å²) in [5, 5.41) is 0. The predicted molar refractivity (Wildman–Crippen MR) is 82.7 cm³/mol. The fraction of sp³-hybridized carbons (Fsp3) is 0.500. The molecular weight excluding hydrogens is 350 g/mol. The molecule has 2 rings (SSSR count). The van der Waals surface area contributed by atoms with Gasteiger partial charge in [-0.2, -0.15) is 0 Å². The minimum absolute atomic E-state index is 0.00778. The summed E-state index contributed by atoms with van der Waals surface area (Å²) in [4.78, 5) is 19.1. The molecular formula is C12H15BrClN3OS. The first-order chi connectivity index (χ1) is 8.98. The molecule has 0 spiro atoms. The Labute approximate surface area is 129 Å². The highest BCUT2D eigenvalue weighted by atomic mass is 79.9. The summed E-state index contributed by atoms with van der Waals surface area (Å²) < 4.78 is 1.02. The lowest BCUT2D eigenvalue weighted by Gasteiger charge is -2.35. The van der Waals surface area contributed by atoms with Crippen LogP contribution < -0.4 is 5.73 Å². The van der Waals surface area contributed by atoms with Gasteiger partial charge in [0.05, 0.1) is 10.2 Å². The van der Waals surface area contributed by atoms with E-state index in [1.165, 1.54) is 4.90 Å². The largest absolute Gasteiger partial charge is 0.369 e. The van der Waals surface area contributed by atoms with Gasteiger partial charge in [-0.1, -0.05) is 0 Å². The molecule has 0 bridgehead atoms. The van der Waals surface area contributed by atoms with Gasteiger partial charge in [-0.15, -0.1) is 22.9 Å². The molecule has 0 saturated heterocycles. The van der Waals surface area contributed by atoms with Gasteiger partial charge in [0.2, 0.25) is 5.91 Å². The lowest BCUT2D eigenvalue weighted by molar-refractivity contribution is -0.128. The second kappa shape index (κ2) is 5.81. The lowest BCUT2D eigenvalue weighted by Crippen LogP contribution is -2.48. The second-order valence-electron chi connectivity index (χ2n) is 4.53. The lowest BCUT2D eigenvalue weighted by atomic mass is 9.87. The van der Waals surface area contributed by atoms with Crippen LogP contribution >= 0.6 is 38.9 Å². The van der Waals surface area contributed by atoms with E-state index in [0.717, 1.165) is 21.5 Å². The van der Waals surface area contributed by atoms with Gasteiger partial charge in [0.25, 0.3) is 0 Å². The molecule has 0 radical (unpaired) electrons. The van der Waals surface area contributed by atoms with Crippen molar-refractivity contribution in [1.29, 1.82) is 0 Å². The molecule has 7 heteroatoms. The Morgan fingerprint density at radius 3 is 2.89 bits per heavy atom. The Morgan fingerprint density at radius 1 is 1.63 bits per heavy atom. The second-order valence-corrected chi connectivity index (χ2v) is 7.37. The third-order valence-electron chi connectivity index (χ3n) is 3.25. The van der Waals surface area contributed by atoms with Crippen molar-refractivity contribution < 1.29 is 4.79 Å². The van der Waals surface area contributed by atoms with E-state index in [9.17, 15) is 4.79 Å². The number of hydrogen-bond acceptors (Lipinski definition) is 4. The van der Waals surface area contributed by atoms with Crippen LogP contribution in [0.2, 0.25) is 0 Å². The summed E-state index contributed by atoms with van der Waals surface area (Å²) >= 11 is 10.8. The Bertz CT molecular complexity index is 519. The number of hydrogen-bond donors (Lipinski definition) is 1. The van der Waals surface area contributed by atoms with E-state index in [1.807, 2.05) is 12.1 Å². The van der Waals surface area contributed by atoms with Crippen molar-refractivity contribution in [2.75, 3.05) is 12.9 Å². The topological polar surface area (TPSA) is 58.7 Å². The molecule has 19 heavy (non-hydrogen) atoms. The maximum absolute atomic E-state index is 12.1. The molecule has 104 valence electrons. The summed E-state index contributed by atoms with van der Waals surface area (Å²) in [6.07, 6.45) is 1.86. The molecule has 2 heterocycles. The number of thiophene rings is 1. The van der Waals surface area contributed by atoms with Crippen molar-refractivity contribution in [2.45, 2.75) is 24.8 Å². The summed E-state index contributed by atoms with van der Waals surface area (Å²) in [7, 11) is 1.65. The zero-order chi connectivity index (χ0) is 14.0. The van der Waals surface area contributed by atoms with Gasteiger partial charge < -0.3 is 5.73 Å². The zero-order valence-electron chi connectivity index (χ0n) is 10.5. The third kappa shape index (κ3) is 2.95. The molecule has 1 aliphatic rings. The van der Waals surface area contributed by atoms with Gasteiger partial charge >= 0.3 is 0 Å². The molecule has 0 aromatic carbocycles. The number of carbonyl (C=O) groups excluding carboxylic acids is 1. The fourth-order valence-electron chi connectivity index (χ4n) is 2.16. The van der Waals surface area contributed by atoms with Crippen molar-refractivity contribution in [2.24, 2.45) is 10.7 Å². The average molecular weight is 365 g/mol. The molecule has 1 aromatic rings. The van der Waals surface area contributed by atoms with Crippen molar-refractivity contribution in [3.63, 3.8) is 0 Å². The number of carbonyl (C=O) groups is 1. The third-order valence-corrected chi connectivity index (χ3v) is 5.33. The van der Waals surface area contributed by atoms with E-state index in [-0.39, 0.29) is 11.9 Å². The molecule has 2 N–H and O–H groups in total. The Hall–Kier alpha value is -0.590. The van der Waals surface area contributed by atoms with Crippen LogP contribution in [0.1, 0.15) is 24.1 Å². The van der Waals surface area contributed by atoms with E-state index in [4.69, 9.17) is 17.3 Å². The van der Waals surface area contributed by atoms with E-state index in [0.29, 0.717) is 12.3 Å². The van der Waals surface area contributed by atoms with Crippen molar-refractivity contribution >= 4 is 50.7 Å². The first-order valence-corrected chi connectivity index (χ1v) is 8.06. The highest BCUT2D eigenvalue weighted by Crippen LogP contribution is 2.42. The maximum atomic E-state index is 12.1. The van der Waals surface area contributed by atoms with Crippen molar-refractivity contribution in [1.82, 2.24) is 4.90 Å². The van der Waals surface area contributed by atoms with Gasteiger partial charge in [-0.05, 0) is 40.9 Å².